The van der Waals surface area contributed by atoms with E-state index in [0.29, 0.717) is 12.4 Å². The Morgan fingerprint density at radius 1 is 1.35 bits per heavy atom. The summed E-state index contributed by atoms with van der Waals surface area (Å²) in [6, 6.07) is 6.72. The van der Waals surface area contributed by atoms with Gasteiger partial charge in [0, 0.05) is 6.20 Å². The molecule has 1 aromatic heterocycles. The number of aromatic nitrogens is 2. The van der Waals surface area contributed by atoms with Crippen LogP contribution in [-0.4, -0.2) is 24.2 Å². The van der Waals surface area contributed by atoms with Gasteiger partial charge in [0.05, 0.1) is 12.8 Å². The molecule has 0 atom stereocenters. The van der Waals surface area contributed by atoms with Gasteiger partial charge >= 0.3 is 0 Å². The van der Waals surface area contributed by atoms with Gasteiger partial charge in [-0.3, -0.25) is 0 Å². The Balaban J connectivity index is 2.41. The zero-order chi connectivity index (χ0) is 14.6. The van der Waals surface area contributed by atoms with Crippen LogP contribution >= 0.6 is 0 Å². The quantitative estimate of drug-likeness (QED) is 0.768. The molecule has 20 heavy (non-hydrogen) atoms. The number of benzene rings is 1. The van der Waals surface area contributed by atoms with Crippen LogP contribution in [-0.2, 0) is 10.0 Å². The summed E-state index contributed by atoms with van der Waals surface area (Å²) < 4.78 is 31.6. The summed E-state index contributed by atoms with van der Waals surface area (Å²) in [5, 5.41) is 3.80. The van der Waals surface area contributed by atoms with Gasteiger partial charge in [-0.15, -0.1) is 0 Å². The van der Waals surface area contributed by atoms with Crippen molar-refractivity contribution in [3.8, 4) is 5.75 Å². The SMILES string of the molecule is CCCCOc1ccc(C)cc1S(=O)(=O)n1cccn1. The highest BCUT2D eigenvalue weighted by molar-refractivity contribution is 7.90. The smallest absolute Gasteiger partial charge is 0.286 e. The van der Waals surface area contributed by atoms with E-state index in [-0.39, 0.29) is 4.90 Å². The van der Waals surface area contributed by atoms with Gasteiger partial charge in [-0.2, -0.15) is 17.6 Å². The number of aryl methyl sites for hydroxylation is 1. The lowest BCUT2D eigenvalue weighted by Gasteiger charge is -2.12. The first-order valence-electron chi connectivity index (χ1n) is 6.54. The zero-order valence-corrected chi connectivity index (χ0v) is 12.4. The van der Waals surface area contributed by atoms with E-state index in [1.165, 1.54) is 12.4 Å². The highest BCUT2D eigenvalue weighted by atomic mass is 32.2. The lowest BCUT2D eigenvalue weighted by Crippen LogP contribution is -2.15. The molecule has 0 radical (unpaired) electrons. The van der Waals surface area contributed by atoms with Crippen LogP contribution in [0, 0.1) is 6.92 Å². The standard InChI is InChI=1S/C14H18N2O3S/c1-3-4-10-19-13-7-6-12(2)11-14(13)20(17,18)16-9-5-8-15-16/h5-9,11H,3-4,10H2,1-2H3. The summed E-state index contributed by atoms with van der Waals surface area (Å²) in [4.78, 5) is 0.150. The van der Waals surface area contributed by atoms with Gasteiger partial charge in [0.1, 0.15) is 10.6 Å². The molecule has 5 nitrogen and oxygen atoms in total. The summed E-state index contributed by atoms with van der Waals surface area (Å²) in [5.74, 6) is 0.375. The first-order valence-corrected chi connectivity index (χ1v) is 7.98. The molecule has 1 heterocycles. The molecule has 2 aromatic rings. The maximum Gasteiger partial charge on any atom is 0.286 e. The second-order valence-electron chi connectivity index (χ2n) is 4.54. The van der Waals surface area contributed by atoms with E-state index in [2.05, 4.69) is 12.0 Å². The van der Waals surface area contributed by atoms with Gasteiger partial charge in [0.15, 0.2) is 0 Å². The van der Waals surface area contributed by atoms with Gasteiger partial charge in [-0.1, -0.05) is 19.4 Å². The van der Waals surface area contributed by atoms with E-state index in [0.717, 1.165) is 22.5 Å². The average Bonchev–Trinajstić information content (AvgIpc) is 2.95. The Labute approximate surface area is 119 Å². The maximum absolute atomic E-state index is 12.5. The van der Waals surface area contributed by atoms with Crippen LogP contribution < -0.4 is 4.74 Å². The van der Waals surface area contributed by atoms with E-state index in [4.69, 9.17) is 4.74 Å². The molecule has 0 unspecified atom stereocenters. The summed E-state index contributed by atoms with van der Waals surface area (Å²) >= 11 is 0. The normalized spacial score (nSPS) is 11.5. The largest absolute Gasteiger partial charge is 0.492 e. The molecule has 6 heteroatoms. The van der Waals surface area contributed by atoms with Crippen molar-refractivity contribution in [2.45, 2.75) is 31.6 Å². The lowest BCUT2D eigenvalue weighted by atomic mass is 10.2. The first-order chi connectivity index (χ1) is 9.55. The van der Waals surface area contributed by atoms with Crippen molar-refractivity contribution in [1.29, 1.82) is 0 Å². The third-order valence-corrected chi connectivity index (χ3v) is 4.44. The van der Waals surface area contributed by atoms with Gasteiger partial charge in [0.25, 0.3) is 10.0 Å². The van der Waals surface area contributed by atoms with Crippen LogP contribution in [0.25, 0.3) is 0 Å². The van der Waals surface area contributed by atoms with Crippen molar-refractivity contribution in [1.82, 2.24) is 9.19 Å². The third kappa shape index (κ3) is 3.01. The van der Waals surface area contributed by atoms with E-state index in [1.807, 2.05) is 13.0 Å². The molecule has 1 aromatic carbocycles. The van der Waals surface area contributed by atoms with E-state index < -0.39 is 10.0 Å². The highest BCUT2D eigenvalue weighted by Gasteiger charge is 2.22. The molecule has 2 rings (SSSR count). The number of ether oxygens (including phenoxy) is 1. The second kappa shape index (κ2) is 6.09. The molecule has 0 bridgehead atoms. The van der Waals surface area contributed by atoms with Crippen LogP contribution in [0.3, 0.4) is 0 Å². The summed E-state index contributed by atoms with van der Waals surface area (Å²) in [7, 11) is -3.71. The van der Waals surface area contributed by atoms with Gasteiger partial charge in [-0.25, -0.2) is 0 Å². The molecule has 0 aliphatic rings. The maximum atomic E-state index is 12.5. The van der Waals surface area contributed by atoms with Crippen molar-refractivity contribution in [2.75, 3.05) is 6.61 Å². The number of unbranched alkanes of at least 4 members (excludes halogenated alkanes) is 1. The number of hydrogen-bond donors (Lipinski definition) is 0. The van der Waals surface area contributed by atoms with E-state index >= 15 is 0 Å². The predicted octanol–water partition coefficient (Wildman–Crippen LogP) is 2.61. The zero-order valence-electron chi connectivity index (χ0n) is 11.6. The minimum Gasteiger partial charge on any atom is -0.492 e. The Morgan fingerprint density at radius 3 is 2.80 bits per heavy atom. The van der Waals surface area contributed by atoms with Crippen LogP contribution in [0.1, 0.15) is 25.3 Å². The molecular weight excluding hydrogens is 276 g/mol. The molecule has 0 aliphatic heterocycles. The third-order valence-electron chi connectivity index (χ3n) is 2.86. The first kappa shape index (κ1) is 14.6. The predicted molar refractivity (Wildman–Crippen MR) is 76.4 cm³/mol. The Hall–Kier alpha value is -1.82. The van der Waals surface area contributed by atoms with E-state index in [1.54, 1.807) is 18.2 Å². The van der Waals surface area contributed by atoms with Crippen molar-refractivity contribution in [3.05, 3.63) is 42.2 Å². The molecule has 0 aliphatic carbocycles. The van der Waals surface area contributed by atoms with Gasteiger partial charge in [0.2, 0.25) is 0 Å². The molecule has 108 valence electrons. The van der Waals surface area contributed by atoms with Crippen molar-refractivity contribution >= 4 is 10.0 Å². The molecular formula is C14H18N2O3S. The number of hydrogen-bond acceptors (Lipinski definition) is 4. The minimum absolute atomic E-state index is 0.150. The van der Waals surface area contributed by atoms with E-state index in [9.17, 15) is 8.42 Å². The van der Waals surface area contributed by atoms with Gasteiger partial charge in [-0.05, 0) is 37.1 Å². The second-order valence-corrected chi connectivity index (χ2v) is 6.30. The van der Waals surface area contributed by atoms with Gasteiger partial charge < -0.3 is 4.74 Å². The Morgan fingerprint density at radius 2 is 2.15 bits per heavy atom. The molecule has 0 saturated carbocycles. The summed E-state index contributed by atoms with van der Waals surface area (Å²) in [6.45, 7) is 4.40. The fourth-order valence-electron chi connectivity index (χ4n) is 1.76. The van der Waals surface area contributed by atoms with Crippen molar-refractivity contribution in [3.63, 3.8) is 0 Å². The molecule has 0 saturated heterocycles. The number of nitrogens with zero attached hydrogens (tertiary/aromatic N) is 2. The minimum atomic E-state index is -3.71. The summed E-state index contributed by atoms with van der Waals surface area (Å²) in [5.41, 5.74) is 0.860. The fraction of sp³-hybridized carbons (Fsp3) is 0.357. The monoisotopic (exact) mass is 294 g/mol. The molecule has 0 amide bonds. The molecule has 0 fully saturated rings. The Kier molecular flexibility index (Phi) is 4.44. The van der Waals surface area contributed by atoms with Crippen LogP contribution in [0.5, 0.6) is 5.75 Å². The van der Waals surface area contributed by atoms with Crippen molar-refractivity contribution < 1.29 is 13.2 Å². The Bertz CT molecular complexity index is 664. The number of rotatable bonds is 6. The van der Waals surface area contributed by atoms with Crippen LogP contribution in [0.2, 0.25) is 0 Å². The topological polar surface area (TPSA) is 61.2 Å². The molecule has 0 spiro atoms. The lowest BCUT2D eigenvalue weighted by molar-refractivity contribution is 0.301. The van der Waals surface area contributed by atoms with Crippen LogP contribution in [0.15, 0.2) is 41.6 Å². The van der Waals surface area contributed by atoms with Crippen LogP contribution in [0.4, 0.5) is 0 Å². The average molecular weight is 294 g/mol. The van der Waals surface area contributed by atoms with Crippen molar-refractivity contribution in [2.24, 2.45) is 0 Å². The summed E-state index contributed by atoms with van der Waals surface area (Å²) in [6.07, 6.45) is 4.72. The molecule has 0 N–H and O–H groups in total. The highest BCUT2D eigenvalue weighted by Crippen LogP contribution is 2.26. The fourth-order valence-corrected chi connectivity index (χ4v) is 3.09.